The molecule has 2 rings (SSSR count). The molecule has 0 radical (unpaired) electrons. The maximum Gasteiger partial charge on any atom is 0.332 e. The van der Waals surface area contributed by atoms with Crippen LogP contribution in [-0.4, -0.2) is 41.0 Å². The van der Waals surface area contributed by atoms with E-state index in [4.69, 9.17) is 4.74 Å². The second kappa shape index (κ2) is 6.29. The minimum Gasteiger partial charge on any atom is -0.473 e. The van der Waals surface area contributed by atoms with E-state index < -0.39 is 4.92 Å². The van der Waals surface area contributed by atoms with Crippen LogP contribution in [-0.2, 0) is 0 Å². The van der Waals surface area contributed by atoms with Gasteiger partial charge in [0.1, 0.15) is 0 Å². The normalized spacial score (nSPS) is 19.6. The fraction of sp³-hybridized carbons (Fsp3) is 0.583. The Morgan fingerprint density at radius 1 is 1.68 bits per heavy atom. The summed E-state index contributed by atoms with van der Waals surface area (Å²) in [6.45, 7) is 1.56. The fourth-order valence-corrected chi connectivity index (χ4v) is 2.61. The van der Waals surface area contributed by atoms with Gasteiger partial charge in [-0.3, -0.25) is 10.1 Å². The first kappa shape index (κ1) is 14.2. The van der Waals surface area contributed by atoms with Crippen molar-refractivity contribution in [3.8, 4) is 5.88 Å². The van der Waals surface area contributed by atoms with Gasteiger partial charge in [0.15, 0.2) is 0 Å². The number of hydrogen-bond donors (Lipinski definition) is 0. The summed E-state index contributed by atoms with van der Waals surface area (Å²) in [6.07, 6.45) is 4.74. The number of likely N-dealkylation sites (tertiary alicyclic amines) is 1. The SMILES string of the molecule is CN1CCCC1CCOc1ncc(Br)cc1[N+](=O)[O-]. The topological polar surface area (TPSA) is 68.5 Å². The lowest BCUT2D eigenvalue weighted by Gasteiger charge is -2.18. The zero-order chi connectivity index (χ0) is 13.8. The molecular formula is C12H16BrN3O3. The van der Waals surface area contributed by atoms with E-state index in [-0.39, 0.29) is 11.6 Å². The van der Waals surface area contributed by atoms with Crippen LogP contribution in [0.3, 0.4) is 0 Å². The molecular weight excluding hydrogens is 314 g/mol. The van der Waals surface area contributed by atoms with E-state index >= 15 is 0 Å². The van der Waals surface area contributed by atoms with Gasteiger partial charge in [-0.05, 0) is 48.8 Å². The van der Waals surface area contributed by atoms with Gasteiger partial charge >= 0.3 is 5.69 Å². The maximum absolute atomic E-state index is 10.9. The van der Waals surface area contributed by atoms with E-state index in [0.717, 1.165) is 19.4 Å². The minimum atomic E-state index is -0.477. The Morgan fingerprint density at radius 3 is 3.11 bits per heavy atom. The van der Waals surface area contributed by atoms with Gasteiger partial charge in [0, 0.05) is 22.8 Å². The van der Waals surface area contributed by atoms with Gasteiger partial charge in [-0.15, -0.1) is 0 Å². The van der Waals surface area contributed by atoms with Crippen LogP contribution in [0.2, 0.25) is 0 Å². The number of aromatic nitrogens is 1. The zero-order valence-electron chi connectivity index (χ0n) is 10.7. The summed E-state index contributed by atoms with van der Waals surface area (Å²) in [5.41, 5.74) is -0.103. The standard InChI is InChI=1S/C12H16BrN3O3/c1-15-5-2-3-10(15)4-6-19-12-11(16(17)18)7-9(13)8-14-12/h7-8,10H,2-6H2,1H3. The number of ether oxygens (including phenoxy) is 1. The Kier molecular flexibility index (Phi) is 4.71. The minimum absolute atomic E-state index is 0.0915. The molecule has 1 fully saturated rings. The molecule has 1 atom stereocenters. The highest BCUT2D eigenvalue weighted by Gasteiger charge is 2.22. The molecule has 0 saturated carbocycles. The molecule has 1 aromatic heterocycles. The molecule has 1 unspecified atom stereocenters. The molecule has 0 aliphatic carbocycles. The Labute approximate surface area is 120 Å². The van der Waals surface area contributed by atoms with Crippen LogP contribution in [0.25, 0.3) is 0 Å². The average Bonchev–Trinajstić information content (AvgIpc) is 2.77. The Morgan fingerprint density at radius 2 is 2.47 bits per heavy atom. The van der Waals surface area contributed by atoms with Crippen molar-refractivity contribution in [3.05, 3.63) is 26.9 Å². The van der Waals surface area contributed by atoms with Gasteiger partial charge in [-0.1, -0.05) is 0 Å². The summed E-state index contributed by atoms with van der Waals surface area (Å²) in [4.78, 5) is 16.7. The van der Waals surface area contributed by atoms with Crippen LogP contribution in [0, 0.1) is 10.1 Å². The van der Waals surface area contributed by atoms with Crippen molar-refractivity contribution >= 4 is 21.6 Å². The highest BCUT2D eigenvalue weighted by molar-refractivity contribution is 9.10. The van der Waals surface area contributed by atoms with Gasteiger partial charge in [0.05, 0.1) is 11.5 Å². The number of rotatable bonds is 5. The molecule has 19 heavy (non-hydrogen) atoms. The third-order valence-electron chi connectivity index (χ3n) is 3.36. The van der Waals surface area contributed by atoms with Crippen molar-refractivity contribution in [3.63, 3.8) is 0 Å². The molecule has 1 aliphatic rings. The average molecular weight is 330 g/mol. The Bertz CT molecular complexity index is 470. The lowest BCUT2D eigenvalue weighted by Crippen LogP contribution is -2.26. The first-order valence-corrected chi connectivity index (χ1v) is 7.00. The van der Waals surface area contributed by atoms with E-state index in [2.05, 4.69) is 32.9 Å². The van der Waals surface area contributed by atoms with E-state index in [9.17, 15) is 10.1 Å². The van der Waals surface area contributed by atoms with E-state index in [0.29, 0.717) is 17.1 Å². The molecule has 1 aliphatic heterocycles. The van der Waals surface area contributed by atoms with Crippen LogP contribution in [0.4, 0.5) is 5.69 Å². The van der Waals surface area contributed by atoms with Gasteiger partial charge in [-0.25, -0.2) is 4.98 Å². The molecule has 0 amide bonds. The molecule has 7 heteroatoms. The maximum atomic E-state index is 10.9. The van der Waals surface area contributed by atoms with Crippen LogP contribution >= 0.6 is 15.9 Å². The first-order chi connectivity index (χ1) is 9.08. The molecule has 0 spiro atoms. The van der Waals surface area contributed by atoms with Crippen molar-refractivity contribution in [2.24, 2.45) is 0 Å². The lowest BCUT2D eigenvalue weighted by molar-refractivity contribution is -0.386. The molecule has 0 bridgehead atoms. The number of pyridine rings is 1. The van der Waals surface area contributed by atoms with Crippen LogP contribution in [0.1, 0.15) is 19.3 Å². The summed E-state index contributed by atoms with van der Waals surface area (Å²) >= 11 is 3.17. The van der Waals surface area contributed by atoms with E-state index in [1.807, 2.05) is 0 Å². The van der Waals surface area contributed by atoms with Gasteiger partial charge in [-0.2, -0.15) is 0 Å². The third kappa shape index (κ3) is 3.63. The third-order valence-corrected chi connectivity index (χ3v) is 3.79. The zero-order valence-corrected chi connectivity index (χ0v) is 12.3. The smallest absolute Gasteiger partial charge is 0.332 e. The van der Waals surface area contributed by atoms with Gasteiger partial charge in [0.25, 0.3) is 5.88 Å². The van der Waals surface area contributed by atoms with Crippen molar-refractivity contribution in [2.45, 2.75) is 25.3 Å². The molecule has 104 valence electrons. The molecule has 2 heterocycles. The largest absolute Gasteiger partial charge is 0.473 e. The van der Waals surface area contributed by atoms with Crippen molar-refractivity contribution in [1.29, 1.82) is 0 Å². The van der Waals surface area contributed by atoms with Gasteiger partial charge in [0.2, 0.25) is 0 Å². The predicted octanol–water partition coefficient (Wildman–Crippen LogP) is 2.62. The monoisotopic (exact) mass is 329 g/mol. The van der Waals surface area contributed by atoms with E-state index in [1.165, 1.54) is 18.7 Å². The predicted molar refractivity (Wildman–Crippen MR) is 74.4 cm³/mol. The fourth-order valence-electron chi connectivity index (χ4n) is 2.29. The Hall–Kier alpha value is -1.21. The second-order valence-corrected chi connectivity index (χ2v) is 5.56. The highest BCUT2D eigenvalue weighted by Crippen LogP contribution is 2.27. The number of nitro groups is 1. The number of nitrogens with zero attached hydrogens (tertiary/aromatic N) is 3. The van der Waals surface area contributed by atoms with Crippen molar-refractivity contribution in [2.75, 3.05) is 20.2 Å². The summed E-state index contributed by atoms with van der Waals surface area (Å²) < 4.78 is 6.03. The molecule has 6 nitrogen and oxygen atoms in total. The van der Waals surface area contributed by atoms with Crippen LogP contribution in [0.15, 0.2) is 16.7 Å². The number of hydrogen-bond acceptors (Lipinski definition) is 5. The Balaban J connectivity index is 1.94. The quantitative estimate of drug-likeness (QED) is 0.613. The summed E-state index contributed by atoms with van der Waals surface area (Å²) in [7, 11) is 2.10. The van der Waals surface area contributed by atoms with Crippen molar-refractivity contribution in [1.82, 2.24) is 9.88 Å². The van der Waals surface area contributed by atoms with Crippen LogP contribution < -0.4 is 4.74 Å². The van der Waals surface area contributed by atoms with Gasteiger partial charge < -0.3 is 9.64 Å². The second-order valence-electron chi connectivity index (χ2n) is 4.65. The molecule has 0 N–H and O–H groups in total. The lowest BCUT2D eigenvalue weighted by atomic mass is 10.1. The highest BCUT2D eigenvalue weighted by atomic mass is 79.9. The molecule has 1 aromatic rings. The van der Waals surface area contributed by atoms with Crippen molar-refractivity contribution < 1.29 is 9.66 Å². The van der Waals surface area contributed by atoms with E-state index in [1.54, 1.807) is 0 Å². The first-order valence-electron chi connectivity index (χ1n) is 6.21. The molecule has 0 aromatic carbocycles. The van der Waals surface area contributed by atoms with Crippen LogP contribution in [0.5, 0.6) is 5.88 Å². The number of halogens is 1. The summed E-state index contributed by atoms with van der Waals surface area (Å²) in [5, 5.41) is 10.9. The summed E-state index contributed by atoms with van der Waals surface area (Å²) in [6, 6.07) is 1.92. The molecule has 1 saturated heterocycles. The summed E-state index contributed by atoms with van der Waals surface area (Å²) in [5.74, 6) is 0.0915.